The number of nitrogens with zero attached hydrogens (tertiary/aromatic N) is 2. The van der Waals surface area contributed by atoms with E-state index in [1.54, 1.807) is 24.3 Å². The molecule has 3 aliphatic rings. The van der Waals surface area contributed by atoms with Crippen LogP contribution >= 0.6 is 0 Å². The SMILES string of the molecule is O=C(c1cccc(S(=O)(=O)N2CCCC2)c1)N1CC[C@H]2CCCC[C@@H]2C1. The third-order valence-corrected chi connectivity index (χ3v) is 8.26. The second-order valence-electron chi connectivity index (χ2n) is 7.98. The highest BCUT2D eigenvalue weighted by atomic mass is 32.2. The van der Waals surface area contributed by atoms with Crippen molar-refractivity contribution in [1.29, 1.82) is 0 Å². The van der Waals surface area contributed by atoms with Gasteiger partial charge in [0.15, 0.2) is 0 Å². The number of fused-ring (bicyclic) bond motifs is 1. The summed E-state index contributed by atoms with van der Waals surface area (Å²) in [6, 6.07) is 6.63. The van der Waals surface area contributed by atoms with Gasteiger partial charge in [0.05, 0.1) is 4.90 Å². The van der Waals surface area contributed by atoms with Gasteiger partial charge in [-0.25, -0.2) is 8.42 Å². The minimum Gasteiger partial charge on any atom is -0.338 e. The van der Waals surface area contributed by atoms with Crippen molar-refractivity contribution in [3.05, 3.63) is 29.8 Å². The molecule has 142 valence electrons. The molecule has 1 aliphatic carbocycles. The number of likely N-dealkylation sites (tertiary alicyclic amines) is 1. The summed E-state index contributed by atoms with van der Waals surface area (Å²) >= 11 is 0. The minimum atomic E-state index is -3.48. The highest BCUT2D eigenvalue weighted by molar-refractivity contribution is 7.89. The molecule has 1 aromatic carbocycles. The molecule has 0 unspecified atom stereocenters. The second kappa shape index (κ2) is 7.31. The van der Waals surface area contributed by atoms with Gasteiger partial charge in [-0.05, 0) is 55.7 Å². The van der Waals surface area contributed by atoms with Crippen LogP contribution in [0.4, 0.5) is 0 Å². The first kappa shape index (κ1) is 18.0. The molecule has 2 aliphatic heterocycles. The predicted molar refractivity (Wildman–Crippen MR) is 100 cm³/mol. The number of sulfonamides is 1. The van der Waals surface area contributed by atoms with Gasteiger partial charge < -0.3 is 4.90 Å². The summed E-state index contributed by atoms with van der Waals surface area (Å²) in [6.07, 6.45) is 8.02. The van der Waals surface area contributed by atoms with E-state index in [4.69, 9.17) is 0 Å². The molecule has 0 aromatic heterocycles. The van der Waals surface area contributed by atoms with Gasteiger partial charge in [-0.2, -0.15) is 4.31 Å². The molecule has 1 saturated carbocycles. The summed E-state index contributed by atoms with van der Waals surface area (Å²) in [5.74, 6) is 1.38. The summed E-state index contributed by atoms with van der Waals surface area (Å²) in [6.45, 7) is 2.78. The number of hydrogen-bond donors (Lipinski definition) is 0. The van der Waals surface area contributed by atoms with E-state index < -0.39 is 10.0 Å². The molecule has 2 saturated heterocycles. The molecule has 1 aromatic rings. The molecule has 26 heavy (non-hydrogen) atoms. The Morgan fingerprint density at radius 2 is 1.65 bits per heavy atom. The van der Waals surface area contributed by atoms with Crippen molar-refractivity contribution >= 4 is 15.9 Å². The lowest BCUT2D eigenvalue weighted by Gasteiger charge is -2.41. The van der Waals surface area contributed by atoms with E-state index >= 15 is 0 Å². The number of piperidine rings is 1. The van der Waals surface area contributed by atoms with Crippen molar-refractivity contribution in [2.24, 2.45) is 11.8 Å². The molecule has 0 spiro atoms. The van der Waals surface area contributed by atoms with E-state index in [2.05, 4.69) is 0 Å². The summed E-state index contributed by atoms with van der Waals surface area (Å²) in [5, 5.41) is 0. The molecule has 2 heterocycles. The molecule has 4 rings (SSSR count). The average molecular weight is 377 g/mol. The first-order valence-corrected chi connectivity index (χ1v) is 11.4. The highest BCUT2D eigenvalue weighted by Gasteiger charge is 2.34. The zero-order valence-electron chi connectivity index (χ0n) is 15.3. The van der Waals surface area contributed by atoms with E-state index in [1.165, 1.54) is 30.0 Å². The third-order valence-electron chi connectivity index (χ3n) is 6.36. The van der Waals surface area contributed by atoms with Crippen molar-refractivity contribution < 1.29 is 13.2 Å². The van der Waals surface area contributed by atoms with Crippen LogP contribution in [0.25, 0.3) is 0 Å². The Hall–Kier alpha value is -1.40. The Labute approximate surface area is 156 Å². The van der Waals surface area contributed by atoms with E-state index in [0.717, 1.165) is 38.3 Å². The molecule has 1 amide bonds. The van der Waals surface area contributed by atoms with E-state index in [0.29, 0.717) is 24.6 Å². The van der Waals surface area contributed by atoms with Crippen LogP contribution in [0.15, 0.2) is 29.2 Å². The Balaban J connectivity index is 1.52. The molecule has 0 N–H and O–H groups in total. The van der Waals surface area contributed by atoms with Gasteiger partial charge in [0.25, 0.3) is 5.91 Å². The van der Waals surface area contributed by atoms with E-state index in [-0.39, 0.29) is 10.8 Å². The maximum atomic E-state index is 13.0. The number of rotatable bonds is 3. The Kier molecular flexibility index (Phi) is 5.06. The first-order valence-electron chi connectivity index (χ1n) is 9.95. The van der Waals surface area contributed by atoms with Gasteiger partial charge in [-0.15, -0.1) is 0 Å². The molecule has 6 heteroatoms. The number of benzene rings is 1. The second-order valence-corrected chi connectivity index (χ2v) is 9.92. The van der Waals surface area contributed by atoms with Crippen LogP contribution in [0.2, 0.25) is 0 Å². The molecule has 0 radical (unpaired) electrons. The van der Waals surface area contributed by atoms with Crippen LogP contribution in [0, 0.1) is 11.8 Å². The van der Waals surface area contributed by atoms with Gasteiger partial charge in [-0.3, -0.25) is 4.79 Å². The average Bonchev–Trinajstić information content (AvgIpc) is 3.23. The molecular formula is C20H28N2O3S. The van der Waals surface area contributed by atoms with Crippen molar-refractivity contribution in [2.45, 2.75) is 49.8 Å². The van der Waals surface area contributed by atoms with Gasteiger partial charge in [-0.1, -0.05) is 25.3 Å². The van der Waals surface area contributed by atoms with Crippen LogP contribution in [0.5, 0.6) is 0 Å². The van der Waals surface area contributed by atoms with Crippen molar-refractivity contribution in [1.82, 2.24) is 9.21 Å². The zero-order valence-corrected chi connectivity index (χ0v) is 16.1. The molecular weight excluding hydrogens is 348 g/mol. The topological polar surface area (TPSA) is 57.7 Å². The largest absolute Gasteiger partial charge is 0.338 e. The summed E-state index contributed by atoms with van der Waals surface area (Å²) in [7, 11) is -3.48. The summed E-state index contributed by atoms with van der Waals surface area (Å²) in [5.41, 5.74) is 0.500. The lowest BCUT2D eigenvalue weighted by atomic mass is 9.75. The number of carbonyl (C=O) groups excluding carboxylic acids is 1. The third kappa shape index (κ3) is 3.41. The Morgan fingerprint density at radius 3 is 2.42 bits per heavy atom. The highest BCUT2D eigenvalue weighted by Crippen LogP contribution is 2.36. The fourth-order valence-electron chi connectivity index (χ4n) is 4.84. The fraction of sp³-hybridized carbons (Fsp3) is 0.650. The number of amides is 1. The predicted octanol–water partition coefficient (Wildman–Crippen LogP) is 3.12. The quantitative estimate of drug-likeness (QED) is 0.814. The number of carbonyl (C=O) groups is 1. The fourth-order valence-corrected chi connectivity index (χ4v) is 6.40. The lowest BCUT2D eigenvalue weighted by molar-refractivity contribution is 0.0520. The molecule has 2 atom stereocenters. The van der Waals surface area contributed by atoms with Gasteiger partial charge in [0.2, 0.25) is 10.0 Å². The van der Waals surface area contributed by atoms with Crippen LogP contribution in [-0.2, 0) is 10.0 Å². The maximum Gasteiger partial charge on any atom is 0.253 e. The minimum absolute atomic E-state index is 0.0208. The monoisotopic (exact) mass is 376 g/mol. The van der Waals surface area contributed by atoms with E-state index in [9.17, 15) is 13.2 Å². The van der Waals surface area contributed by atoms with Gasteiger partial charge in [0.1, 0.15) is 0 Å². The van der Waals surface area contributed by atoms with Crippen molar-refractivity contribution in [2.75, 3.05) is 26.2 Å². The summed E-state index contributed by atoms with van der Waals surface area (Å²) in [4.78, 5) is 15.2. The maximum absolute atomic E-state index is 13.0. The Morgan fingerprint density at radius 1 is 0.923 bits per heavy atom. The smallest absolute Gasteiger partial charge is 0.253 e. The van der Waals surface area contributed by atoms with Crippen LogP contribution in [0.3, 0.4) is 0 Å². The molecule has 5 nitrogen and oxygen atoms in total. The Bertz CT molecular complexity index is 771. The lowest BCUT2D eigenvalue weighted by Crippen LogP contribution is -2.44. The van der Waals surface area contributed by atoms with Crippen LogP contribution < -0.4 is 0 Å². The van der Waals surface area contributed by atoms with Crippen LogP contribution in [-0.4, -0.2) is 49.7 Å². The van der Waals surface area contributed by atoms with E-state index in [1.807, 2.05) is 4.90 Å². The molecule has 0 bridgehead atoms. The first-order chi connectivity index (χ1) is 12.6. The zero-order chi connectivity index (χ0) is 18.1. The van der Waals surface area contributed by atoms with Gasteiger partial charge >= 0.3 is 0 Å². The standard InChI is InChI=1S/C20H28N2O3S/c23-20(21-13-10-16-6-1-2-7-18(16)15-21)17-8-5-9-19(14-17)26(24,25)22-11-3-4-12-22/h5,8-9,14,16,18H,1-4,6-7,10-13,15H2/t16-,18-/m1/s1. The van der Waals surface area contributed by atoms with Crippen molar-refractivity contribution in [3.63, 3.8) is 0 Å². The van der Waals surface area contributed by atoms with Crippen LogP contribution in [0.1, 0.15) is 55.3 Å². The van der Waals surface area contributed by atoms with Gasteiger partial charge in [0, 0.05) is 31.7 Å². The normalized spacial score (nSPS) is 27.3. The number of hydrogen-bond acceptors (Lipinski definition) is 3. The molecule has 3 fully saturated rings. The summed E-state index contributed by atoms with van der Waals surface area (Å²) < 4.78 is 27.1. The van der Waals surface area contributed by atoms with Crippen molar-refractivity contribution in [3.8, 4) is 0 Å².